The third-order valence-electron chi connectivity index (χ3n) is 2.73. The lowest BCUT2D eigenvalue weighted by atomic mass is 10.2. The highest BCUT2D eigenvalue weighted by atomic mass is 16.4. The standard InChI is InChI=1S/C9H16N4O2/c10-8(13-15)7(5-1-2-5)12-9(14)11-6-3-4-6/h5-7,15H,1-4H2,(H2,10,13)(H2,11,12,14). The number of oxime groups is 1. The van der Waals surface area contributed by atoms with Gasteiger partial charge in [-0.1, -0.05) is 5.16 Å². The van der Waals surface area contributed by atoms with Gasteiger partial charge in [-0.05, 0) is 31.6 Å². The van der Waals surface area contributed by atoms with Crippen LogP contribution in [0.5, 0.6) is 0 Å². The number of rotatable bonds is 4. The molecule has 2 rings (SSSR count). The monoisotopic (exact) mass is 212 g/mol. The second kappa shape index (κ2) is 3.96. The number of amides is 2. The number of nitrogens with zero attached hydrogens (tertiary/aromatic N) is 1. The molecule has 0 aliphatic heterocycles. The van der Waals surface area contributed by atoms with Gasteiger partial charge in [0.05, 0.1) is 6.04 Å². The summed E-state index contributed by atoms with van der Waals surface area (Å²) in [6.07, 6.45) is 4.13. The van der Waals surface area contributed by atoms with Crippen LogP contribution in [0.4, 0.5) is 4.79 Å². The van der Waals surface area contributed by atoms with Crippen LogP contribution in [0, 0.1) is 5.92 Å². The lowest BCUT2D eigenvalue weighted by molar-refractivity contribution is 0.237. The predicted molar refractivity (Wildman–Crippen MR) is 54.6 cm³/mol. The Labute approximate surface area is 87.9 Å². The van der Waals surface area contributed by atoms with E-state index in [1.165, 1.54) is 0 Å². The van der Waals surface area contributed by atoms with Crippen LogP contribution in [0.3, 0.4) is 0 Å². The molecule has 0 aromatic heterocycles. The number of hydrogen-bond acceptors (Lipinski definition) is 3. The maximum absolute atomic E-state index is 11.4. The van der Waals surface area contributed by atoms with E-state index >= 15 is 0 Å². The van der Waals surface area contributed by atoms with Crippen LogP contribution in [0.25, 0.3) is 0 Å². The fourth-order valence-corrected chi connectivity index (χ4v) is 1.52. The molecule has 6 heteroatoms. The molecular weight excluding hydrogens is 196 g/mol. The summed E-state index contributed by atoms with van der Waals surface area (Å²) in [5, 5.41) is 17.1. The molecular formula is C9H16N4O2. The van der Waals surface area contributed by atoms with Crippen LogP contribution >= 0.6 is 0 Å². The van der Waals surface area contributed by atoms with Gasteiger partial charge < -0.3 is 21.6 Å². The molecule has 15 heavy (non-hydrogen) atoms. The summed E-state index contributed by atoms with van der Waals surface area (Å²) >= 11 is 0. The lowest BCUT2D eigenvalue weighted by Crippen LogP contribution is -2.50. The van der Waals surface area contributed by atoms with Crippen molar-refractivity contribution in [3.05, 3.63) is 0 Å². The Morgan fingerprint density at radius 3 is 2.53 bits per heavy atom. The van der Waals surface area contributed by atoms with Crippen molar-refractivity contribution >= 4 is 11.9 Å². The van der Waals surface area contributed by atoms with Crippen LogP contribution in [0.2, 0.25) is 0 Å². The molecule has 84 valence electrons. The summed E-state index contributed by atoms with van der Waals surface area (Å²) in [6.45, 7) is 0. The van der Waals surface area contributed by atoms with Crippen molar-refractivity contribution in [2.24, 2.45) is 16.8 Å². The molecule has 0 radical (unpaired) electrons. The molecule has 2 amide bonds. The van der Waals surface area contributed by atoms with Crippen molar-refractivity contribution in [1.29, 1.82) is 0 Å². The molecule has 2 fully saturated rings. The van der Waals surface area contributed by atoms with Crippen molar-refractivity contribution in [2.45, 2.75) is 37.8 Å². The average molecular weight is 212 g/mol. The summed E-state index contributed by atoms with van der Waals surface area (Å²) in [4.78, 5) is 11.4. The molecule has 0 bridgehead atoms. The van der Waals surface area contributed by atoms with Crippen LogP contribution in [0.15, 0.2) is 5.16 Å². The van der Waals surface area contributed by atoms with Crippen molar-refractivity contribution < 1.29 is 10.0 Å². The zero-order chi connectivity index (χ0) is 10.8. The molecule has 0 aromatic carbocycles. The minimum absolute atomic E-state index is 0.0865. The second-order valence-electron chi connectivity index (χ2n) is 4.23. The molecule has 1 atom stereocenters. The first-order valence-electron chi connectivity index (χ1n) is 5.25. The largest absolute Gasteiger partial charge is 0.409 e. The minimum Gasteiger partial charge on any atom is -0.409 e. The SMILES string of the molecule is NC(=NO)C(NC(=O)NC1CC1)C1CC1. The van der Waals surface area contributed by atoms with Gasteiger partial charge in [-0.2, -0.15) is 0 Å². The maximum Gasteiger partial charge on any atom is 0.315 e. The Morgan fingerprint density at radius 2 is 2.07 bits per heavy atom. The van der Waals surface area contributed by atoms with Gasteiger partial charge in [0.25, 0.3) is 0 Å². The molecule has 0 aromatic rings. The molecule has 6 nitrogen and oxygen atoms in total. The highest BCUT2D eigenvalue weighted by Crippen LogP contribution is 2.32. The maximum atomic E-state index is 11.4. The third-order valence-corrected chi connectivity index (χ3v) is 2.73. The summed E-state index contributed by atoms with van der Waals surface area (Å²) in [5.41, 5.74) is 5.51. The number of nitrogens with two attached hydrogens (primary N) is 1. The summed E-state index contributed by atoms with van der Waals surface area (Å²) < 4.78 is 0. The molecule has 2 aliphatic rings. The normalized spacial score (nSPS) is 23.3. The van der Waals surface area contributed by atoms with E-state index in [1.54, 1.807) is 0 Å². The van der Waals surface area contributed by atoms with Gasteiger partial charge in [0.15, 0.2) is 5.84 Å². The van der Waals surface area contributed by atoms with Crippen molar-refractivity contribution in [3.8, 4) is 0 Å². The molecule has 0 spiro atoms. The molecule has 2 saturated carbocycles. The fraction of sp³-hybridized carbons (Fsp3) is 0.778. The van der Waals surface area contributed by atoms with Crippen LogP contribution in [-0.4, -0.2) is 29.2 Å². The highest BCUT2D eigenvalue weighted by Gasteiger charge is 2.36. The minimum atomic E-state index is -0.325. The first-order valence-corrected chi connectivity index (χ1v) is 5.25. The van der Waals surface area contributed by atoms with Gasteiger partial charge in [-0.25, -0.2) is 4.79 Å². The van der Waals surface area contributed by atoms with Crippen molar-refractivity contribution in [3.63, 3.8) is 0 Å². The predicted octanol–water partition coefficient (Wildman–Crippen LogP) is -0.0270. The first kappa shape index (κ1) is 10.1. The Kier molecular flexibility index (Phi) is 2.66. The number of urea groups is 1. The van der Waals surface area contributed by atoms with E-state index in [0.29, 0.717) is 12.0 Å². The molecule has 1 unspecified atom stereocenters. The Bertz CT molecular complexity index is 284. The number of carbonyl (C=O) groups excluding carboxylic acids is 1. The van der Waals surface area contributed by atoms with E-state index < -0.39 is 0 Å². The number of nitrogens with one attached hydrogen (secondary N) is 2. The lowest BCUT2D eigenvalue weighted by Gasteiger charge is -2.16. The fourth-order valence-electron chi connectivity index (χ4n) is 1.52. The van der Waals surface area contributed by atoms with Crippen molar-refractivity contribution in [2.75, 3.05) is 0 Å². The Balaban J connectivity index is 1.84. The number of carbonyl (C=O) groups is 1. The summed E-state index contributed by atoms with van der Waals surface area (Å²) in [5.74, 6) is 0.411. The summed E-state index contributed by atoms with van der Waals surface area (Å²) in [6, 6.07) is -0.230. The van der Waals surface area contributed by atoms with Gasteiger partial charge in [0, 0.05) is 6.04 Å². The zero-order valence-electron chi connectivity index (χ0n) is 8.44. The van der Waals surface area contributed by atoms with E-state index in [1.807, 2.05) is 0 Å². The van der Waals surface area contributed by atoms with E-state index in [2.05, 4.69) is 15.8 Å². The highest BCUT2D eigenvalue weighted by molar-refractivity contribution is 5.90. The van der Waals surface area contributed by atoms with Crippen molar-refractivity contribution in [1.82, 2.24) is 10.6 Å². The molecule has 5 N–H and O–H groups in total. The van der Waals surface area contributed by atoms with Gasteiger partial charge >= 0.3 is 6.03 Å². The van der Waals surface area contributed by atoms with Crippen LogP contribution in [0.1, 0.15) is 25.7 Å². The number of hydrogen-bond donors (Lipinski definition) is 4. The van der Waals surface area contributed by atoms with E-state index in [-0.39, 0.29) is 17.9 Å². The zero-order valence-corrected chi connectivity index (χ0v) is 8.44. The molecule has 0 heterocycles. The molecule has 2 aliphatic carbocycles. The van der Waals surface area contributed by atoms with Gasteiger partial charge in [-0.15, -0.1) is 0 Å². The van der Waals surface area contributed by atoms with E-state index in [9.17, 15) is 4.79 Å². The topological polar surface area (TPSA) is 99.7 Å². The first-order chi connectivity index (χ1) is 7.20. The van der Waals surface area contributed by atoms with Gasteiger partial charge in [0.1, 0.15) is 0 Å². The quantitative estimate of drug-likeness (QED) is 0.228. The summed E-state index contributed by atoms with van der Waals surface area (Å²) in [7, 11) is 0. The Hall–Kier alpha value is -1.46. The smallest absolute Gasteiger partial charge is 0.315 e. The van der Waals surface area contributed by atoms with Gasteiger partial charge in [0.2, 0.25) is 0 Å². The van der Waals surface area contributed by atoms with E-state index in [4.69, 9.17) is 10.9 Å². The third kappa shape index (κ3) is 2.74. The van der Waals surface area contributed by atoms with Crippen LogP contribution < -0.4 is 16.4 Å². The Morgan fingerprint density at radius 1 is 1.40 bits per heavy atom. The van der Waals surface area contributed by atoms with E-state index in [0.717, 1.165) is 25.7 Å². The van der Waals surface area contributed by atoms with Gasteiger partial charge in [-0.3, -0.25) is 0 Å². The average Bonchev–Trinajstić information content (AvgIpc) is 3.04. The second-order valence-corrected chi connectivity index (χ2v) is 4.23. The number of amidine groups is 1. The molecule has 0 saturated heterocycles. The van der Waals surface area contributed by atoms with Crippen LogP contribution in [-0.2, 0) is 0 Å².